The molecule has 0 aromatic heterocycles. The lowest BCUT2D eigenvalue weighted by atomic mass is 10.1. The predicted octanol–water partition coefficient (Wildman–Crippen LogP) is 2.28. The van der Waals surface area contributed by atoms with Gasteiger partial charge in [0.15, 0.2) is 5.96 Å². The van der Waals surface area contributed by atoms with Gasteiger partial charge >= 0.3 is 0 Å². The molecule has 1 fully saturated rings. The van der Waals surface area contributed by atoms with E-state index in [9.17, 15) is 9.18 Å². The van der Waals surface area contributed by atoms with Crippen molar-refractivity contribution < 1.29 is 9.18 Å². The Morgan fingerprint density at radius 1 is 1.33 bits per heavy atom. The van der Waals surface area contributed by atoms with Gasteiger partial charge in [-0.05, 0) is 37.0 Å². The Labute approximate surface area is 143 Å². The number of carbonyl (C=O) groups is 1. The Bertz CT molecular complexity index is 559. The van der Waals surface area contributed by atoms with Gasteiger partial charge in [-0.25, -0.2) is 4.39 Å². The minimum Gasteiger partial charge on any atom is -0.356 e. The first kappa shape index (κ1) is 18.2. The minimum absolute atomic E-state index is 0.233. The number of likely N-dealkylation sites (tertiary alicyclic amines) is 1. The summed E-state index contributed by atoms with van der Waals surface area (Å²) in [6.07, 6.45) is 3.53. The van der Waals surface area contributed by atoms with Crippen LogP contribution in [0.2, 0.25) is 0 Å². The molecule has 5 nitrogen and oxygen atoms in total. The zero-order chi connectivity index (χ0) is 17.4. The van der Waals surface area contributed by atoms with E-state index in [1.54, 1.807) is 19.2 Å². The molecule has 1 atom stereocenters. The van der Waals surface area contributed by atoms with Gasteiger partial charge in [-0.15, -0.1) is 0 Å². The first-order valence-electron chi connectivity index (χ1n) is 8.62. The fourth-order valence-corrected chi connectivity index (χ4v) is 3.00. The zero-order valence-corrected chi connectivity index (χ0v) is 14.5. The van der Waals surface area contributed by atoms with Crippen molar-refractivity contribution in [1.82, 2.24) is 15.5 Å². The van der Waals surface area contributed by atoms with Crippen LogP contribution in [-0.4, -0.2) is 42.9 Å². The van der Waals surface area contributed by atoms with E-state index in [1.165, 1.54) is 12.1 Å². The van der Waals surface area contributed by atoms with Crippen molar-refractivity contribution in [3.05, 3.63) is 35.6 Å². The van der Waals surface area contributed by atoms with Gasteiger partial charge in [0.05, 0.1) is 0 Å². The van der Waals surface area contributed by atoms with Crippen LogP contribution in [0.15, 0.2) is 29.3 Å². The van der Waals surface area contributed by atoms with E-state index in [-0.39, 0.29) is 11.7 Å². The van der Waals surface area contributed by atoms with Crippen molar-refractivity contribution >= 4 is 11.9 Å². The normalized spacial score (nSPS) is 16.4. The second kappa shape index (κ2) is 9.25. The van der Waals surface area contributed by atoms with Crippen LogP contribution in [0.4, 0.5) is 4.39 Å². The van der Waals surface area contributed by atoms with Gasteiger partial charge in [-0.1, -0.05) is 19.1 Å². The van der Waals surface area contributed by atoms with Crippen LogP contribution in [0, 0.1) is 5.82 Å². The molecule has 0 aliphatic carbocycles. The Morgan fingerprint density at radius 3 is 2.67 bits per heavy atom. The lowest BCUT2D eigenvalue weighted by molar-refractivity contribution is -0.129. The smallest absolute Gasteiger partial charge is 0.222 e. The number of amides is 1. The maximum Gasteiger partial charge on any atom is 0.222 e. The summed E-state index contributed by atoms with van der Waals surface area (Å²) in [4.78, 5) is 18.1. The van der Waals surface area contributed by atoms with E-state index >= 15 is 0 Å². The van der Waals surface area contributed by atoms with Crippen molar-refractivity contribution in [3.8, 4) is 0 Å². The number of hydrogen-bond donors (Lipinski definition) is 2. The molecule has 24 heavy (non-hydrogen) atoms. The fraction of sp³-hybridized carbons (Fsp3) is 0.556. The maximum atomic E-state index is 12.9. The molecule has 1 saturated heterocycles. The molecule has 0 spiro atoms. The summed E-state index contributed by atoms with van der Waals surface area (Å²) < 4.78 is 12.9. The minimum atomic E-state index is -0.233. The molecule has 1 aromatic carbocycles. The number of aliphatic imine (C=N–C) groups is 1. The van der Waals surface area contributed by atoms with Crippen molar-refractivity contribution in [3.63, 3.8) is 0 Å². The van der Waals surface area contributed by atoms with E-state index in [0.717, 1.165) is 37.9 Å². The van der Waals surface area contributed by atoms with Crippen LogP contribution >= 0.6 is 0 Å². The topological polar surface area (TPSA) is 56.7 Å². The van der Waals surface area contributed by atoms with Crippen molar-refractivity contribution in [1.29, 1.82) is 0 Å². The molecule has 1 unspecified atom stereocenters. The second-order valence-corrected chi connectivity index (χ2v) is 6.02. The number of nitrogens with zero attached hydrogens (tertiary/aromatic N) is 2. The lowest BCUT2D eigenvalue weighted by Crippen LogP contribution is -2.41. The Balaban J connectivity index is 1.74. The van der Waals surface area contributed by atoms with Gasteiger partial charge in [0.2, 0.25) is 5.91 Å². The highest BCUT2D eigenvalue weighted by molar-refractivity contribution is 5.79. The lowest BCUT2D eigenvalue weighted by Gasteiger charge is -2.27. The third kappa shape index (κ3) is 5.22. The first-order chi connectivity index (χ1) is 11.6. The van der Waals surface area contributed by atoms with Crippen molar-refractivity contribution in [2.24, 2.45) is 4.99 Å². The molecular formula is C18H27FN4O. The summed E-state index contributed by atoms with van der Waals surface area (Å²) in [7, 11) is 1.72. The predicted molar refractivity (Wildman–Crippen MR) is 94.2 cm³/mol. The summed E-state index contributed by atoms with van der Waals surface area (Å²) in [6, 6.07) is 6.70. The highest BCUT2D eigenvalue weighted by Gasteiger charge is 2.26. The Kier molecular flexibility index (Phi) is 7.03. The highest BCUT2D eigenvalue weighted by atomic mass is 19.1. The number of hydrogen-bond acceptors (Lipinski definition) is 2. The number of benzene rings is 1. The quantitative estimate of drug-likeness (QED) is 0.594. The van der Waals surface area contributed by atoms with Crippen LogP contribution in [0.3, 0.4) is 0 Å². The number of guanidine groups is 1. The molecule has 0 saturated carbocycles. The average molecular weight is 334 g/mol. The van der Waals surface area contributed by atoms with E-state index in [4.69, 9.17) is 0 Å². The SMILES string of the molecule is CCC(CCNC(=NC)NCc1ccc(F)cc1)N1CCCC1=O. The van der Waals surface area contributed by atoms with Gasteiger partial charge in [-0.3, -0.25) is 9.79 Å². The van der Waals surface area contributed by atoms with Gasteiger partial charge in [0.1, 0.15) is 5.82 Å². The van der Waals surface area contributed by atoms with Crippen LogP contribution in [0.1, 0.15) is 38.2 Å². The second-order valence-electron chi connectivity index (χ2n) is 6.02. The largest absolute Gasteiger partial charge is 0.356 e. The molecule has 1 aliphatic heterocycles. The standard InChI is InChI=1S/C18H27FN4O/c1-3-16(23-12-4-5-17(23)24)10-11-21-18(20-2)22-13-14-6-8-15(19)9-7-14/h6-9,16H,3-5,10-13H2,1-2H3,(H2,20,21,22). The molecule has 0 bridgehead atoms. The summed E-state index contributed by atoms with van der Waals surface area (Å²) in [5.74, 6) is 0.755. The Morgan fingerprint density at radius 2 is 2.08 bits per heavy atom. The molecule has 6 heteroatoms. The molecule has 132 valence electrons. The van der Waals surface area contributed by atoms with Crippen molar-refractivity contribution in [2.75, 3.05) is 20.1 Å². The van der Waals surface area contributed by atoms with Gasteiger partial charge in [0.25, 0.3) is 0 Å². The Hall–Kier alpha value is -2.11. The van der Waals surface area contributed by atoms with E-state index in [0.29, 0.717) is 25.0 Å². The first-order valence-corrected chi connectivity index (χ1v) is 8.62. The molecule has 1 aromatic rings. The molecular weight excluding hydrogens is 307 g/mol. The van der Waals surface area contributed by atoms with E-state index in [1.807, 2.05) is 4.90 Å². The van der Waals surface area contributed by atoms with Crippen LogP contribution in [0.25, 0.3) is 0 Å². The van der Waals surface area contributed by atoms with Crippen LogP contribution in [-0.2, 0) is 11.3 Å². The molecule has 1 amide bonds. The third-order valence-electron chi connectivity index (χ3n) is 4.39. The van der Waals surface area contributed by atoms with Gasteiger partial charge in [0, 0.05) is 39.1 Å². The van der Waals surface area contributed by atoms with Gasteiger partial charge in [-0.2, -0.15) is 0 Å². The third-order valence-corrected chi connectivity index (χ3v) is 4.39. The molecule has 2 rings (SSSR count). The average Bonchev–Trinajstić information content (AvgIpc) is 3.02. The summed E-state index contributed by atoms with van der Waals surface area (Å²) >= 11 is 0. The molecule has 1 heterocycles. The zero-order valence-electron chi connectivity index (χ0n) is 14.5. The maximum absolute atomic E-state index is 12.9. The highest BCUT2D eigenvalue weighted by Crippen LogP contribution is 2.17. The molecule has 0 radical (unpaired) electrons. The number of carbonyl (C=O) groups excluding carboxylic acids is 1. The fourth-order valence-electron chi connectivity index (χ4n) is 3.00. The van der Waals surface area contributed by atoms with Crippen molar-refractivity contribution in [2.45, 2.75) is 45.2 Å². The number of nitrogens with one attached hydrogen (secondary N) is 2. The van der Waals surface area contributed by atoms with E-state index < -0.39 is 0 Å². The summed E-state index contributed by atoms with van der Waals surface area (Å²) in [6.45, 7) is 4.35. The van der Waals surface area contributed by atoms with Crippen LogP contribution in [0.5, 0.6) is 0 Å². The monoisotopic (exact) mass is 334 g/mol. The number of halogens is 1. The molecule has 1 aliphatic rings. The molecule has 2 N–H and O–H groups in total. The summed E-state index contributed by atoms with van der Waals surface area (Å²) in [5, 5.41) is 6.49. The van der Waals surface area contributed by atoms with Gasteiger partial charge < -0.3 is 15.5 Å². The van der Waals surface area contributed by atoms with E-state index in [2.05, 4.69) is 22.5 Å². The van der Waals surface area contributed by atoms with Crippen LogP contribution < -0.4 is 10.6 Å². The number of rotatable bonds is 7. The summed E-state index contributed by atoms with van der Waals surface area (Å²) in [5.41, 5.74) is 0.994.